The van der Waals surface area contributed by atoms with Crippen LogP contribution in [0.5, 0.6) is 0 Å². The SMILES string of the molecule is CC(C)N1CCN(c2ccc(Nc3cc(-c4ccc5c(CCO)cn(C)c5c4)c(Cl)n4ccnc34)nc2)CC1. The summed E-state index contributed by atoms with van der Waals surface area (Å²) < 4.78 is 4.00. The van der Waals surface area contributed by atoms with E-state index in [0.717, 1.165) is 76.6 Å². The minimum atomic E-state index is 0.128. The van der Waals surface area contributed by atoms with Crippen molar-refractivity contribution in [2.45, 2.75) is 26.3 Å². The molecule has 5 heterocycles. The smallest absolute Gasteiger partial charge is 0.161 e. The third-order valence-corrected chi connectivity index (χ3v) is 8.18. The maximum atomic E-state index is 9.45. The first-order valence-electron chi connectivity index (χ1n) is 13.5. The Balaban J connectivity index is 1.30. The Morgan fingerprint density at radius 3 is 2.59 bits per heavy atom. The van der Waals surface area contributed by atoms with E-state index in [-0.39, 0.29) is 6.61 Å². The Morgan fingerprint density at radius 2 is 1.87 bits per heavy atom. The number of aliphatic hydroxyl groups is 1. The third-order valence-electron chi connectivity index (χ3n) is 7.79. The molecule has 1 saturated heterocycles. The fourth-order valence-corrected chi connectivity index (χ4v) is 5.89. The fourth-order valence-electron chi connectivity index (χ4n) is 5.59. The molecular formula is C30H34ClN7O. The van der Waals surface area contributed by atoms with Crippen molar-refractivity contribution in [1.82, 2.24) is 23.8 Å². The van der Waals surface area contributed by atoms with Gasteiger partial charge in [0.2, 0.25) is 0 Å². The van der Waals surface area contributed by atoms with Gasteiger partial charge in [-0.3, -0.25) is 9.30 Å². The molecule has 2 N–H and O–H groups in total. The number of imidazole rings is 1. The van der Waals surface area contributed by atoms with Crippen molar-refractivity contribution in [2.75, 3.05) is 43.0 Å². The first-order valence-corrected chi connectivity index (χ1v) is 13.9. The number of aryl methyl sites for hydroxylation is 1. The normalized spacial score (nSPS) is 14.7. The Labute approximate surface area is 233 Å². The van der Waals surface area contributed by atoms with Gasteiger partial charge in [0.15, 0.2) is 5.65 Å². The minimum absolute atomic E-state index is 0.128. The third kappa shape index (κ3) is 4.84. The zero-order valence-corrected chi connectivity index (χ0v) is 23.4. The molecule has 39 heavy (non-hydrogen) atoms. The van der Waals surface area contributed by atoms with Gasteiger partial charge in [0.05, 0.1) is 17.6 Å². The lowest BCUT2D eigenvalue weighted by atomic mass is 10.0. The van der Waals surface area contributed by atoms with Crippen LogP contribution >= 0.6 is 11.6 Å². The number of piperazine rings is 1. The Kier molecular flexibility index (Phi) is 6.93. The summed E-state index contributed by atoms with van der Waals surface area (Å²) in [6.45, 7) is 8.80. The predicted octanol–water partition coefficient (Wildman–Crippen LogP) is 5.35. The first-order chi connectivity index (χ1) is 18.9. The van der Waals surface area contributed by atoms with Gasteiger partial charge in [0.1, 0.15) is 11.0 Å². The molecule has 1 aromatic carbocycles. The van der Waals surface area contributed by atoms with Gasteiger partial charge in [-0.05, 0) is 55.7 Å². The van der Waals surface area contributed by atoms with Crippen LogP contribution in [0.15, 0.2) is 61.2 Å². The highest BCUT2D eigenvalue weighted by Gasteiger charge is 2.20. The number of halogens is 1. The molecular weight excluding hydrogens is 510 g/mol. The molecule has 1 aliphatic rings. The minimum Gasteiger partial charge on any atom is -0.396 e. The fraction of sp³-hybridized carbons (Fsp3) is 0.333. The predicted molar refractivity (Wildman–Crippen MR) is 159 cm³/mol. The average Bonchev–Trinajstić information content (AvgIpc) is 3.56. The molecule has 4 aromatic heterocycles. The molecule has 8 nitrogen and oxygen atoms in total. The molecule has 0 saturated carbocycles. The maximum absolute atomic E-state index is 9.45. The van der Waals surface area contributed by atoms with Gasteiger partial charge in [0, 0.05) is 80.9 Å². The largest absolute Gasteiger partial charge is 0.396 e. The van der Waals surface area contributed by atoms with Crippen molar-refractivity contribution < 1.29 is 5.11 Å². The van der Waals surface area contributed by atoms with Crippen molar-refractivity contribution in [3.05, 3.63) is 71.9 Å². The van der Waals surface area contributed by atoms with Crippen LogP contribution in [0.25, 0.3) is 27.7 Å². The second-order valence-electron chi connectivity index (χ2n) is 10.5. The van der Waals surface area contributed by atoms with E-state index in [0.29, 0.717) is 17.6 Å². The number of benzene rings is 1. The lowest BCUT2D eigenvalue weighted by Crippen LogP contribution is -2.48. The van der Waals surface area contributed by atoms with Crippen LogP contribution in [-0.2, 0) is 13.5 Å². The second-order valence-corrected chi connectivity index (χ2v) is 10.9. The highest BCUT2D eigenvalue weighted by atomic mass is 35.5. The number of rotatable bonds is 7. The van der Waals surface area contributed by atoms with E-state index < -0.39 is 0 Å². The van der Waals surface area contributed by atoms with Gasteiger partial charge in [-0.2, -0.15) is 0 Å². The second kappa shape index (κ2) is 10.5. The summed E-state index contributed by atoms with van der Waals surface area (Å²) in [5.74, 6) is 0.754. The van der Waals surface area contributed by atoms with E-state index in [1.165, 1.54) is 0 Å². The Bertz CT molecular complexity index is 1610. The number of pyridine rings is 2. The lowest BCUT2D eigenvalue weighted by molar-refractivity contribution is 0.209. The zero-order valence-electron chi connectivity index (χ0n) is 22.6. The van der Waals surface area contributed by atoms with Crippen LogP contribution in [0.1, 0.15) is 19.4 Å². The Morgan fingerprint density at radius 1 is 1.05 bits per heavy atom. The van der Waals surface area contributed by atoms with Gasteiger partial charge in [-0.1, -0.05) is 23.7 Å². The molecule has 9 heteroatoms. The monoisotopic (exact) mass is 543 g/mol. The molecule has 1 fully saturated rings. The van der Waals surface area contributed by atoms with Gasteiger partial charge >= 0.3 is 0 Å². The number of nitrogens with one attached hydrogen (secondary N) is 1. The molecule has 0 unspecified atom stereocenters. The summed E-state index contributed by atoms with van der Waals surface area (Å²) in [5.41, 5.74) is 6.85. The summed E-state index contributed by atoms with van der Waals surface area (Å²) in [5, 5.41) is 14.7. The number of hydrogen-bond donors (Lipinski definition) is 2. The summed E-state index contributed by atoms with van der Waals surface area (Å²) in [6.07, 6.45) is 8.29. The molecule has 0 atom stereocenters. The summed E-state index contributed by atoms with van der Waals surface area (Å²) >= 11 is 6.91. The van der Waals surface area contributed by atoms with Crippen LogP contribution in [0.3, 0.4) is 0 Å². The molecule has 0 aliphatic carbocycles. The van der Waals surface area contributed by atoms with Crippen LogP contribution in [0.4, 0.5) is 17.2 Å². The average molecular weight is 544 g/mol. The number of aromatic nitrogens is 4. The van der Waals surface area contributed by atoms with Crippen LogP contribution < -0.4 is 10.2 Å². The van der Waals surface area contributed by atoms with E-state index in [4.69, 9.17) is 16.6 Å². The molecule has 0 amide bonds. The van der Waals surface area contributed by atoms with Crippen molar-refractivity contribution >= 4 is 45.3 Å². The maximum Gasteiger partial charge on any atom is 0.161 e. The van der Waals surface area contributed by atoms with Gasteiger partial charge < -0.3 is 19.9 Å². The number of hydrogen-bond acceptors (Lipinski definition) is 6. The number of fused-ring (bicyclic) bond motifs is 2. The Hall–Kier alpha value is -3.59. The first kappa shape index (κ1) is 25.7. The molecule has 6 rings (SSSR count). The summed E-state index contributed by atoms with van der Waals surface area (Å²) in [6, 6.07) is 13.1. The van der Waals surface area contributed by atoms with E-state index in [2.05, 4.69) is 69.0 Å². The van der Waals surface area contributed by atoms with Crippen molar-refractivity contribution in [1.29, 1.82) is 0 Å². The molecule has 1 aliphatic heterocycles. The van der Waals surface area contributed by atoms with Gasteiger partial charge in [-0.15, -0.1) is 0 Å². The quantitative estimate of drug-likeness (QED) is 0.270. The molecule has 0 spiro atoms. The van der Waals surface area contributed by atoms with Crippen molar-refractivity contribution in [3.8, 4) is 11.1 Å². The van der Waals surface area contributed by atoms with Crippen LogP contribution in [0, 0.1) is 0 Å². The summed E-state index contributed by atoms with van der Waals surface area (Å²) in [4.78, 5) is 14.2. The van der Waals surface area contributed by atoms with E-state index in [9.17, 15) is 5.11 Å². The van der Waals surface area contributed by atoms with E-state index in [1.807, 2.05) is 36.0 Å². The number of aliphatic hydroxyl groups excluding tert-OH is 1. The molecule has 0 bridgehead atoms. The molecule has 0 radical (unpaired) electrons. The van der Waals surface area contributed by atoms with Crippen molar-refractivity contribution in [2.24, 2.45) is 7.05 Å². The van der Waals surface area contributed by atoms with Gasteiger partial charge in [-0.25, -0.2) is 9.97 Å². The molecule has 202 valence electrons. The standard InChI is InChI=1S/C30H34ClN7O/c1-20(2)36-11-13-37(14-12-36)23-5-7-28(33-18-23)34-26-17-25(29(31)38-10-9-32-30(26)38)21-4-6-24-22(8-15-39)19-35(3)27(24)16-21/h4-7,9-10,16-20,39H,8,11-15H2,1-3H3,(H,33,34). The lowest BCUT2D eigenvalue weighted by Gasteiger charge is -2.38. The topological polar surface area (TPSA) is 73.9 Å². The summed E-state index contributed by atoms with van der Waals surface area (Å²) in [7, 11) is 2.03. The van der Waals surface area contributed by atoms with E-state index >= 15 is 0 Å². The number of nitrogens with zero attached hydrogens (tertiary/aromatic N) is 6. The molecule has 5 aromatic rings. The number of anilines is 3. The van der Waals surface area contributed by atoms with Gasteiger partial charge in [0.25, 0.3) is 0 Å². The van der Waals surface area contributed by atoms with Crippen LogP contribution in [-0.4, -0.2) is 67.8 Å². The van der Waals surface area contributed by atoms with Crippen LogP contribution in [0.2, 0.25) is 5.15 Å². The van der Waals surface area contributed by atoms with Crippen molar-refractivity contribution in [3.63, 3.8) is 0 Å². The van der Waals surface area contributed by atoms with E-state index in [1.54, 1.807) is 6.20 Å². The zero-order chi connectivity index (χ0) is 27.1. The highest BCUT2D eigenvalue weighted by molar-refractivity contribution is 6.32. The highest BCUT2D eigenvalue weighted by Crippen LogP contribution is 2.36.